The molecular formula is C26H28N2O5S. The summed E-state index contributed by atoms with van der Waals surface area (Å²) in [6.07, 6.45) is 0. The summed E-state index contributed by atoms with van der Waals surface area (Å²) in [5.41, 5.74) is 5.02. The molecule has 3 rings (SSSR count). The van der Waals surface area contributed by atoms with Crippen molar-refractivity contribution < 1.29 is 23.1 Å². The SMILES string of the molecule is Cc1ccc(C(=O)Nc2ccc(-c3ccc(S(=O)(=O)N[C@H](C(=O)O)C(C)C)cc3)cc2)cc1C. The van der Waals surface area contributed by atoms with Crippen molar-refractivity contribution in [1.82, 2.24) is 4.72 Å². The summed E-state index contributed by atoms with van der Waals surface area (Å²) in [4.78, 5) is 23.8. The van der Waals surface area contributed by atoms with Gasteiger partial charge in [0.15, 0.2) is 0 Å². The normalized spacial score (nSPS) is 12.4. The van der Waals surface area contributed by atoms with E-state index in [-0.39, 0.29) is 10.8 Å². The second kappa shape index (κ2) is 10.2. The van der Waals surface area contributed by atoms with Gasteiger partial charge in [0.25, 0.3) is 5.91 Å². The average Bonchev–Trinajstić information content (AvgIpc) is 2.79. The van der Waals surface area contributed by atoms with Crippen LogP contribution in [0.4, 0.5) is 5.69 Å². The van der Waals surface area contributed by atoms with Crippen molar-refractivity contribution >= 4 is 27.6 Å². The van der Waals surface area contributed by atoms with Gasteiger partial charge in [-0.15, -0.1) is 0 Å². The number of hydrogen-bond donors (Lipinski definition) is 3. The molecule has 34 heavy (non-hydrogen) atoms. The highest BCUT2D eigenvalue weighted by atomic mass is 32.2. The van der Waals surface area contributed by atoms with E-state index in [9.17, 15) is 23.1 Å². The van der Waals surface area contributed by atoms with Crippen LogP contribution < -0.4 is 10.0 Å². The number of amides is 1. The van der Waals surface area contributed by atoms with Crippen LogP contribution in [0.2, 0.25) is 0 Å². The quantitative estimate of drug-likeness (QED) is 0.436. The molecule has 0 aliphatic carbocycles. The topological polar surface area (TPSA) is 113 Å². The number of anilines is 1. The van der Waals surface area contributed by atoms with Crippen LogP contribution >= 0.6 is 0 Å². The van der Waals surface area contributed by atoms with E-state index in [4.69, 9.17) is 0 Å². The van der Waals surface area contributed by atoms with Gasteiger partial charge in [-0.05, 0) is 78.4 Å². The Kier molecular flexibility index (Phi) is 7.54. The van der Waals surface area contributed by atoms with Crippen molar-refractivity contribution in [1.29, 1.82) is 0 Å². The van der Waals surface area contributed by atoms with Crippen LogP contribution in [0, 0.1) is 19.8 Å². The lowest BCUT2D eigenvalue weighted by Gasteiger charge is -2.18. The fourth-order valence-electron chi connectivity index (χ4n) is 3.37. The standard InChI is InChI=1S/C26H28N2O5S/c1-16(2)24(26(30)31)28-34(32,33)23-13-9-20(10-14-23)19-7-11-22(12-8-19)27-25(29)21-6-5-17(3)18(4)15-21/h5-16,24,28H,1-4H3,(H,27,29)(H,30,31)/t24-/m0/s1. The van der Waals surface area contributed by atoms with E-state index in [1.54, 1.807) is 44.2 Å². The van der Waals surface area contributed by atoms with Gasteiger partial charge in [-0.1, -0.05) is 44.2 Å². The lowest BCUT2D eigenvalue weighted by molar-refractivity contribution is -0.140. The van der Waals surface area contributed by atoms with E-state index in [2.05, 4.69) is 10.0 Å². The molecule has 1 atom stereocenters. The first-order chi connectivity index (χ1) is 16.0. The van der Waals surface area contributed by atoms with E-state index in [1.165, 1.54) is 12.1 Å². The Bertz CT molecular complexity index is 1300. The number of aliphatic carboxylic acids is 1. The maximum atomic E-state index is 12.6. The number of carboxylic acid groups (broad SMARTS) is 1. The summed E-state index contributed by atoms with van der Waals surface area (Å²) in [6, 6.07) is 17.7. The van der Waals surface area contributed by atoms with Crippen molar-refractivity contribution in [3.8, 4) is 11.1 Å². The molecule has 0 bridgehead atoms. The van der Waals surface area contributed by atoms with Crippen molar-refractivity contribution in [2.45, 2.75) is 38.6 Å². The molecule has 3 aromatic carbocycles. The zero-order valence-electron chi connectivity index (χ0n) is 19.5. The van der Waals surface area contributed by atoms with E-state index in [0.29, 0.717) is 11.3 Å². The van der Waals surface area contributed by atoms with Crippen molar-refractivity contribution in [2.24, 2.45) is 5.92 Å². The molecule has 0 aliphatic heterocycles. The Balaban J connectivity index is 1.72. The predicted octanol–water partition coefficient (Wildman–Crippen LogP) is 4.61. The highest BCUT2D eigenvalue weighted by molar-refractivity contribution is 7.89. The summed E-state index contributed by atoms with van der Waals surface area (Å²) in [5, 5.41) is 12.1. The largest absolute Gasteiger partial charge is 0.480 e. The highest BCUT2D eigenvalue weighted by Crippen LogP contribution is 2.24. The zero-order valence-corrected chi connectivity index (χ0v) is 20.3. The van der Waals surface area contributed by atoms with Crippen LogP contribution in [-0.2, 0) is 14.8 Å². The van der Waals surface area contributed by atoms with Gasteiger partial charge in [-0.25, -0.2) is 8.42 Å². The summed E-state index contributed by atoms with van der Waals surface area (Å²) >= 11 is 0. The number of aryl methyl sites for hydroxylation is 2. The predicted molar refractivity (Wildman–Crippen MR) is 132 cm³/mol. The first-order valence-electron chi connectivity index (χ1n) is 10.8. The van der Waals surface area contributed by atoms with Gasteiger partial charge in [0, 0.05) is 11.3 Å². The van der Waals surface area contributed by atoms with Crippen LogP contribution in [0.3, 0.4) is 0 Å². The van der Waals surface area contributed by atoms with E-state index in [1.807, 2.05) is 38.1 Å². The summed E-state index contributed by atoms with van der Waals surface area (Å²) in [6.45, 7) is 7.23. The van der Waals surface area contributed by atoms with E-state index >= 15 is 0 Å². The van der Waals surface area contributed by atoms with Gasteiger partial charge in [0.2, 0.25) is 10.0 Å². The molecule has 1 amide bonds. The maximum absolute atomic E-state index is 12.6. The first kappa shape index (κ1) is 25.1. The van der Waals surface area contributed by atoms with Crippen LogP contribution in [0.5, 0.6) is 0 Å². The molecular weight excluding hydrogens is 452 g/mol. The first-order valence-corrected chi connectivity index (χ1v) is 12.3. The van der Waals surface area contributed by atoms with Crippen LogP contribution in [0.25, 0.3) is 11.1 Å². The minimum atomic E-state index is -3.98. The third-order valence-corrected chi connectivity index (χ3v) is 7.08. The zero-order chi connectivity index (χ0) is 25.0. The van der Waals surface area contributed by atoms with Crippen LogP contribution in [0.15, 0.2) is 71.6 Å². The Morgan fingerprint density at radius 1 is 0.824 bits per heavy atom. The molecule has 0 unspecified atom stereocenters. The number of nitrogens with one attached hydrogen (secondary N) is 2. The van der Waals surface area contributed by atoms with Gasteiger partial charge in [-0.2, -0.15) is 4.72 Å². The number of hydrogen-bond acceptors (Lipinski definition) is 4. The number of rotatable bonds is 8. The number of carbonyl (C=O) groups excluding carboxylic acids is 1. The Morgan fingerprint density at radius 2 is 1.38 bits per heavy atom. The third kappa shape index (κ3) is 5.89. The molecule has 0 spiro atoms. The third-order valence-electron chi connectivity index (χ3n) is 5.62. The molecule has 0 aromatic heterocycles. The van der Waals surface area contributed by atoms with Gasteiger partial charge in [0.1, 0.15) is 6.04 Å². The molecule has 3 N–H and O–H groups in total. The van der Waals surface area contributed by atoms with Crippen LogP contribution in [0.1, 0.15) is 35.3 Å². The summed E-state index contributed by atoms with van der Waals surface area (Å²) in [5.74, 6) is -1.82. The lowest BCUT2D eigenvalue weighted by Crippen LogP contribution is -2.44. The molecule has 0 radical (unpaired) electrons. The maximum Gasteiger partial charge on any atom is 0.322 e. The Morgan fingerprint density at radius 3 is 1.88 bits per heavy atom. The smallest absolute Gasteiger partial charge is 0.322 e. The summed E-state index contributed by atoms with van der Waals surface area (Å²) < 4.78 is 27.4. The minimum absolute atomic E-state index is 0.0135. The van der Waals surface area contributed by atoms with E-state index < -0.39 is 28.0 Å². The molecule has 178 valence electrons. The number of carboxylic acids is 1. The Labute approximate surface area is 199 Å². The number of benzene rings is 3. The highest BCUT2D eigenvalue weighted by Gasteiger charge is 2.27. The molecule has 8 heteroatoms. The molecule has 0 aliphatic rings. The minimum Gasteiger partial charge on any atom is -0.480 e. The number of carbonyl (C=O) groups is 2. The molecule has 0 heterocycles. The second-order valence-corrected chi connectivity index (χ2v) is 10.3. The fraction of sp³-hybridized carbons (Fsp3) is 0.231. The van der Waals surface area contributed by atoms with Crippen LogP contribution in [-0.4, -0.2) is 31.4 Å². The van der Waals surface area contributed by atoms with Crippen molar-refractivity contribution in [3.63, 3.8) is 0 Å². The number of sulfonamides is 1. The molecule has 7 nitrogen and oxygen atoms in total. The lowest BCUT2D eigenvalue weighted by atomic mass is 10.0. The average molecular weight is 481 g/mol. The van der Waals surface area contributed by atoms with Gasteiger partial charge >= 0.3 is 5.97 Å². The second-order valence-electron chi connectivity index (χ2n) is 8.54. The fourth-order valence-corrected chi connectivity index (χ4v) is 4.70. The van der Waals surface area contributed by atoms with E-state index in [0.717, 1.165) is 22.3 Å². The molecule has 0 saturated carbocycles. The molecule has 0 fully saturated rings. The molecule has 0 saturated heterocycles. The monoisotopic (exact) mass is 480 g/mol. The summed E-state index contributed by atoms with van der Waals surface area (Å²) in [7, 11) is -3.98. The Hall–Kier alpha value is -3.49. The van der Waals surface area contributed by atoms with Gasteiger partial charge < -0.3 is 10.4 Å². The van der Waals surface area contributed by atoms with Gasteiger partial charge in [-0.3, -0.25) is 9.59 Å². The van der Waals surface area contributed by atoms with Gasteiger partial charge in [0.05, 0.1) is 4.90 Å². The van der Waals surface area contributed by atoms with Crippen molar-refractivity contribution in [2.75, 3.05) is 5.32 Å². The molecule has 3 aromatic rings. The van der Waals surface area contributed by atoms with Crippen molar-refractivity contribution in [3.05, 3.63) is 83.4 Å².